The number of hydrogen-bond acceptors (Lipinski definition) is 0. The van der Waals surface area contributed by atoms with Gasteiger partial charge in [0.25, 0.3) is 0 Å². The molecule has 0 aromatic heterocycles. The first-order valence-electron chi connectivity index (χ1n) is 4.89. The maximum atomic E-state index is 2.40. The monoisotopic (exact) mass is 164 g/mol. The Labute approximate surface area is 76.4 Å². The van der Waals surface area contributed by atoms with Gasteiger partial charge >= 0.3 is 0 Å². The third-order valence-electron chi connectivity index (χ3n) is 2.97. The van der Waals surface area contributed by atoms with Crippen molar-refractivity contribution in [1.29, 1.82) is 0 Å². The first kappa shape index (κ1) is 9.57. The summed E-state index contributed by atoms with van der Waals surface area (Å²) in [5.74, 6) is 0. The Morgan fingerprint density at radius 3 is 2.17 bits per heavy atom. The van der Waals surface area contributed by atoms with Crippen LogP contribution in [-0.4, -0.2) is 0 Å². The van der Waals surface area contributed by atoms with Crippen molar-refractivity contribution in [2.45, 2.75) is 47.5 Å². The summed E-state index contributed by atoms with van der Waals surface area (Å²) < 4.78 is 0. The van der Waals surface area contributed by atoms with Gasteiger partial charge in [-0.2, -0.15) is 0 Å². The van der Waals surface area contributed by atoms with E-state index in [9.17, 15) is 0 Å². The van der Waals surface area contributed by atoms with Crippen LogP contribution in [0.5, 0.6) is 0 Å². The predicted molar refractivity (Wildman–Crippen MR) is 55.1 cm³/mol. The quantitative estimate of drug-likeness (QED) is 0.576. The van der Waals surface area contributed by atoms with Crippen molar-refractivity contribution >= 4 is 0 Å². The van der Waals surface area contributed by atoms with E-state index in [1.807, 2.05) is 0 Å². The van der Waals surface area contributed by atoms with E-state index in [1.54, 1.807) is 11.1 Å². The molecule has 0 unspecified atom stereocenters. The molecule has 0 amide bonds. The molecule has 1 aliphatic carbocycles. The van der Waals surface area contributed by atoms with Crippen LogP contribution >= 0.6 is 0 Å². The molecule has 0 saturated carbocycles. The molecule has 0 heterocycles. The van der Waals surface area contributed by atoms with Crippen molar-refractivity contribution < 1.29 is 0 Å². The highest BCUT2D eigenvalue weighted by Gasteiger charge is 2.26. The Balaban J connectivity index is 2.98. The van der Waals surface area contributed by atoms with Gasteiger partial charge in [-0.3, -0.25) is 0 Å². The van der Waals surface area contributed by atoms with Gasteiger partial charge in [-0.1, -0.05) is 44.4 Å². The standard InChI is InChI=1S/C12H20/c1-6-7-11-9(2)8-12(4,5)10(11)3/h8H,6-7H2,1-5H3. The van der Waals surface area contributed by atoms with E-state index < -0.39 is 0 Å². The lowest BCUT2D eigenvalue weighted by Gasteiger charge is -2.18. The van der Waals surface area contributed by atoms with Crippen molar-refractivity contribution in [3.05, 3.63) is 22.8 Å². The summed E-state index contributed by atoms with van der Waals surface area (Å²) in [6.45, 7) is 11.4. The Kier molecular flexibility index (Phi) is 2.46. The summed E-state index contributed by atoms with van der Waals surface area (Å²) in [7, 11) is 0. The Hall–Kier alpha value is -0.520. The van der Waals surface area contributed by atoms with Crippen molar-refractivity contribution in [3.8, 4) is 0 Å². The van der Waals surface area contributed by atoms with Crippen molar-refractivity contribution in [2.24, 2.45) is 5.41 Å². The fraction of sp³-hybridized carbons (Fsp3) is 0.667. The summed E-state index contributed by atoms with van der Waals surface area (Å²) in [6.07, 6.45) is 4.90. The minimum atomic E-state index is 0.314. The lowest BCUT2D eigenvalue weighted by molar-refractivity contribution is 0.585. The fourth-order valence-electron chi connectivity index (χ4n) is 2.06. The fourth-order valence-corrected chi connectivity index (χ4v) is 2.06. The van der Waals surface area contributed by atoms with Crippen LogP contribution in [0, 0.1) is 5.41 Å². The molecule has 0 fully saturated rings. The SMILES string of the molecule is CCCC1=C(C)C(C)(C)C=C1C. The van der Waals surface area contributed by atoms with E-state index in [4.69, 9.17) is 0 Å². The lowest BCUT2D eigenvalue weighted by Crippen LogP contribution is -2.05. The highest BCUT2D eigenvalue weighted by Crippen LogP contribution is 2.41. The van der Waals surface area contributed by atoms with E-state index >= 15 is 0 Å². The maximum Gasteiger partial charge on any atom is 0.00432 e. The first-order valence-corrected chi connectivity index (χ1v) is 4.89. The highest BCUT2D eigenvalue weighted by atomic mass is 14.3. The Bertz CT molecular complexity index is 239. The molecular formula is C12H20. The first-order chi connectivity index (χ1) is 5.49. The second-order valence-electron chi connectivity index (χ2n) is 4.40. The Morgan fingerprint density at radius 2 is 1.83 bits per heavy atom. The zero-order chi connectivity index (χ0) is 9.35. The molecule has 1 rings (SSSR count). The van der Waals surface area contributed by atoms with E-state index in [2.05, 4.69) is 40.7 Å². The minimum Gasteiger partial charge on any atom is -0.0716 e. The normalized spacial score (nSPS) is 21.6. The zero-order valence-corrected chi connectivity index (χ0v) is 8.99. The molecule has 0 aromatic carbocycles. The topological polar surface area (TPSA) is 0 Å². The van der Waals surface area contributed by atoms with Crippen LogP contribution in [-0.2, 0) is 0 Å². The number of allylic oxidation sites excluding steroid dienone is 4. The molecule has 0 aromatic rings. The molecule has 0 heteroatoms. The molecule has 0 spiro atoms. The van der Waals surface area contributed by atoms with Gasteiger partial charge in [0, 0.05) is 5.41 Å². The molecule has 0 saturated heterocycles. The molecule has 12 heavy (non-hydrogen) atoms. The van der Waals surface area contributed by atoms with Gasteiger partial charge in [0.2, 0.25) is 0 Å². The second-order valence-corrected chi connectivity index (χ2v) is 4.40. The molecule has 1 aliphatic rings. The van der Waals surface area contributed by atoms with E-state index in [-0.39, 0.29) is 0 Å². The average molecular weight is 164 g/mol. The minimum absolute atomic E-state index is 0.314. The Morgan fingerprint density at radius 1 is 1.25 bits per heavy atom. The third kappa shape index (κ3) is 1.48. The van der Waals surface area contributed by atoms with Crippen molar-refractivity contribution in [3.63, 3.8) is 0 Å². The van der Waals surface area contributed by atoms with Gasteiger partial charge in [0.15, 0.2) is 0 Å². The molecule has 0 atom stereocenters. The summed E-state index contributed by atoms with van der Waals surface area (Å²) in [5.41, 5.74) is 4.98. The molecule has 0 N–H and O–H groups in total. The van der Waals surface area contributed by atoms with E-state index in [1.165, 1.54) is 18.4 Å². The number of rotatable bonds is 2. The average Bonchev–Trinajstić information content (AvgIpc) is 2.13. The number of hydrogen-bond donors (Lipinski definition) is 0. The summed E-state index contributed by atoms with van der Waals surface area (Å²) in [6, 6.07) is 0. The van der Waals surface area contributed by atoms with E-state index in [0.717, 1.165) is 0 Å². The summed E-state index contributed by atoms with van der Waals surface area (Å²) in [5, 5.41) is 0. The second kappa shape index (κ2) is 3.08. The van der Waals surface area contributed by atoms with Crippen molar-refractivity contribution in [2.75, 3.05) is 0 Å². The maximum absolute atomic E-state index is 2.40. The smallest absolute Gasteiger partial charge is 0.00432 e. The zero-order valence-electron chi connectivity index (χ0n) is 8.99. The molecular weight excluding hydrogens is 144 g/mol. The van der Waals surface area contributed by atoms with Gasteiger partial charge < -0.3 is 0 Å². The van der Waals surface area contributed by atoms with Gasteiger partial charge in [-0.25, -0.2) is 0 Å². The highest BCUT2D eigenvalue weighted by molar-refractivity contribution is 5.45. The van der Waals surface area contributed by atoms with Crippen LogP contribution < -0.4 is 0 Å². The summed E-state index contributed by atoms with van der Waals surface area (Å²) in [4.78, 5) is 0. The van der Waals surface area contributed by atoms with Crippen LogP contribution in [0.15, 0.2) is 22.8 Å². The van der Waals surface area contributed by atoms with Gasteiger partial charge in [0.1, 0.15) is 0 Å². The van der Waals surface area contributed by atoms with Gasteiger partial charge in [0.05, 0.1) is 0 Å². The molecule has 0 radical (unpaired) electrons. The summed E-state index contributed by atoms with van der Waals surface area (Å²) >= 11 is 0. The van der Waals surface area contributed by atoms with Crippen LogP contribution in [0.4, 0.5) is 0 Å². The predicted octanol–water partition coefficient (Wildman–Crippen LogP) is 4.09. The largest absolute Gasteiger partial charge is 0.0716 e. The molecule has 68 valence electrons. The van der Waals surface area contributed by atoms with Crippen LogP contribution in [0.1, 0.15) is 47.5 Å². The lowest BCUT2D eigenvalue weighted by atomic mass is 9.87. The van der Waals surface area contributed by atoms with Crippen LogP contribution in [0.25, 0.3) is 0 Å². The van der Waals surface area contributed by atoms with Crippen LogP contribution in [0.3, 0.4) is 0 Å². The van der Waals surface area contributed by atoms with Gasteiger partial charge in [-0.05, 0) is 25.8 Å². The van der Waals surface area contributed by atoms with Gasteiger partial charge in [-0.15, -0.1) is 0 Å². The third-order valence-corrected chi connectivity index (χ3v) is 2.97. The van der Waals surface area contributed by atoms with Crippen LogP contribution in [0.2, 0.25) is 0 Å². The van der Waals surface area contributed by atoms with Crippen molar-refractivity contribution in [1.82, 2.24) is 0 Å². The molecule has 0 bridgehead atoms. The molecule has 0 nitrogen and oxygen atoms in total. The molecule has 0 aliphatic heterocycles. The van der Waals surface area contributed by atoms with E-state index in [0.29, 0.717) is 5.41 Å².